The topological polar surface area (TPSA) is 16.1 Å². The lowest BCUT2D eigenvalue weighted by molar-refractivity contribution is 1.08. The molecule has 1 aromatic heterocycles. The number of hydrogen-bond acceptors (Lipinski definition) is 2. The van der Waals surface area contributed by atoms with Gasteiger partial charge >= 0.3 is 0 Å². The SMILES string of the molecule is Cc1cccc(N(C)c2ncc(CCl)cc2C)c1. The second-order valence-electron chi connectivity index (χ2n) is 4.52. The molecule has 0 spiro atoms. The quantitative estimate of drug-likeness (QED) is 0.769. The number of hydrogen-bond donors (Lipinski definition) is 0. The van der Waals surface area contributed by atoms with Crippen molar-refractivity contribution in [2.24, 2.45) is 0 Å². The molecule has 0 radical (unpaired) electrons. The third-order valence-electron chi connectivity index (χ3n) is 2.97. The largest absolute Gasteiger partial charge is 0.329 e. The highest BCUT2D eigenvalue weighted by Crippen LogP contribution is 2.25. The van der Waals surface area contributed by atoms with Gasteiger partial charge < -0.3 is 4.90 Å². The molecular formula is C15H17ClN2. The molecule has 0 aliphatic heterocycles. The maximum atomic E-state index is 5.81. The lowest BCUT2D eigenvalue weighted by Gasteiger charge is -2.21. The molecule has 2 aromatic rings. The third kappa shape index (κ3) is 2.65. The fraction of sp³-hybridized carbons (Fsp3) is 0.267. The second kappa shape index (κ2) is 5.40. The van der Waals surface area contributed by atoms with Gasteiger partial charge in [-0.3, -0.25) is 0 Å². The van der Waals surface area contributed by atoms with E-state index in [0.29, 0.717) is 5.88 Å². The monoisotopic (exact) mass is 260 g/mol. The summed E-state index contributed by atoms with van der Waals surface area (Å²) in [5.41, 5.74) is 4.58. The molecule has 0 saturated heterocycles. The van der Waals surface area contributed by atoms with Crippen LogP contribution in [0.2, 0.25) is 0 Å². The molecule has 2 rings (SSSR count). The van der Waals surface area contributed by atoms with Crippen LogP contribution in [0.25, 0.3) is 0 Å². The van der Waals surface area contributed by atoms with E-state index in [1.165, 1.54) is 5.56 Å². The minimum atomic E-state index is 0.502. The molecule has 1 aromatic carbocycles. The first-order chi connectivity index (χ1) is 8.61. The summed E-state index contributed by atoms with van der Waals surface area (Å²) in [4.78, 5) is 6.59. The highest BCUT2D eigenvalue weighted by atomic mass is 35.5. The van der Waals surface area contributed by atoms with Gasteiger partial charge in [0.1, 0.15) is 5.82 Å². The van der Waals surface area contributed by atoms with Crippen molar-refractivity contribution < 1.29 is 0 Å². The molecule has 2 nitrogen and oxygen atoms in total. The van der Waals surface area contributed by atoms with Crippen LogP contribution in [0.15, 0.2) is 36.5 Å². The van der Waals surface area contributed by atoms with Crippen LogP contribution in [0.3, 0.4) is 0 Å². The van der Waals surface area contributed by atoms with E-state index in [4.69, 9.17) is 11.6 Å². The second-order valence-corrected chi connectivity index (χ2v) is 4.78. The Morgan fingerprint density at radius 2 is 2.00 bits per heavy atom. The van der Waals surface area contributed by atoms with Crippen LogP contribution in [0.4, 0.5) is 11.5 Å². The lowest BCUT2D eigenvalue weighted by Crippen LogP contribution is -2.13. The number of rotatable bonds is 3. The maximum absolute atomic E-state index is 5.81. The number of aromatic nitrogens is 1. The van der Waals surface area contributed by atoms with Gasteiger partial charge in [0, 0.05) is 24.8 Å². The van der Waals surface area contributed by atoms with E-state index in [1.807, 2.05) is 13.2 Å². The average Bonchev–Trinajstić information content (AvgIpc) is 2.37. The predicted octanol–water partition coefficient (Wildman–Crippen LogP) is 4.21. The van der Waals surface area contributed by atoms with Crippen molar-refractivity contribution in [3.63, 3.8) is 0 Å². The van der Waals surface area contributed by atoms with Crippen molar-refractivity contribution in [1.82, 2.24) is 4.98 Å². The number of pyridine rings is 1. The predicted molar refractivity (Wildman–Crippen MR) is 77.8 cm³/mol. The Labute approximate surface area is 113 Å². The summed E-state index contributed by atoms with van der Waals surface area (Å²) in [5.74, 6) is 1.47. The number of alkyl halides is 1. The molecule has 18 heavy (non-hydrogen) atoms. The van der Waals surface area contributed by atoms with Gasteiger partial charge in [0.15, 0.2) is 0 Å². The van der Waals surface area contributed by atoms with E-state index in [2.05, 4.69) is 54.1 Å². The van der Waals surface area contributed by atoms with Gasteiger partial charge in [-0.15, -0.1) is 11.6 Å². The van der Waals surface area contributed by atoms with Crippen LogP contribution in [-0.2, 0) is 5.88 Å². The zero-order valence-corrected chi connectivity index (χ0v) is 11.7. The summed E-state index contributed by atoms with van der Waals surface area (Å²) in [6.45, 7) is 4.15. The van der Waals surface area contributed by atoms with E-state index in [1.54, 1.807) is 0 Å². The molecule has 0 amide bonds. The van der Waals surface area contributed by atoms with Gasteiger partial charge in [-0.1, -0.05) is 12.1 Å². The number of aryl methyl sites for hydroxylation is 2. The Hall–Kier alpha value is -1.54. The third-order valence-corrected chi connectivity index (χ3v) is 3.28. The van der Waals surface area contributed by atoms with Crippen molar-refractivity contribution in [1.29, 1.82) is 0 Å². The molecule has 94 valence electrons. The molecule has 0 saturated carbocycles. The number of anilines is 2. The van der Waals surface area contributed by atoms with Crippen molar-refractivity contribution in [3.05, 3.63) is 53.2 Å². The van der Waals surface area contributed by atoms with Crippen molar-refractivity contribution >= 4 is 23.1 Å². The fourth-order valence-electron chi connectivity index (χ4n) is 2.01. The summed E-state index contributed by atoms with van der Waals surface area (Å²) in [7, 11) is 2.03. The minimum absolute atomic E-state index is 0.502. The molecule has 0 atom stereocenters. The highest BCUT2D eigenvalue weighted by molar-refractivity contribution is 6.17. The van der Waals surface area contributed by atoms with E-state index in [9.17, 15) is 0 Å². The van der Waals surface area contributed by atoms with Crippen LogP contribution in [0, 0.1) is 13.8 Å². The molecule has 0 aliphatic rings. The van der Waals surface area contributed by atoms with Gasteiger partial charge in [-0.25, -0.2) is 4.98 Å². The number of nitrogens with zero attached hydrogens (tertiary/aromatic N) is 2. The Morgan fingerprint density at radius 1 is 1.22 bits per heavy atom. The van der Waals surface area contributed by atoms with Crippen molar-refractivity contribution in [2.75, 3.05) is 11.9 Å². The zero-order chi connectivity index (χ0) is 13.1. The van der Waals surface area contributed by atoms with Gasteiger partial charge in [-0.2, -0.15) is 0 Å². The van der Waals surface area contributed by atoms with Crippen molar-refractivity contribution in [3.8, 4) is 0 Å². The highest BCUT2D eigenvalue weighted by Gasteiger charge is 2.09. The smallest absolute Gasteiger partial charge is 0.135 e. The molecule has 0 N–H and O–H groups in total. The van der Waals surface area contributed by atoms with Crippen LogP contribution < -0.4 is 4.90 Å². The summed E-state index contributed by atoms with van der Waals surface area (Å²) in [6.07, 6.45) is 1.83. The summed E-state index contributed by atoms with van der Waals surface area (Å²) in [5, 5.41) is 0. The maximum Gasteiger partial charge on any atom is 0.135 e. The summed E-state index contributed by atoms with van der Waals surface area (Å²) < 4.78 is 0. The molecule has 0 fully saturated rings. The first-order valence-electron chi connectivity index (χ1n) is 5.93. The minimum Gasteiger partial charge on any atom is -0.329 e. The van der Waals surface area contributed by atoms with Gasteiger partial charge in [-0.05, 0) is 48.7 Å². The Balaban J connectivity index is 2.37. The molecule has 0 unspecified atom stereocenters. The van der Waals surface area contributed by atoms with Crippen LogP contribution in [-0.4, -0.2) is 12.0 Å². The van der Waals surface area contributed by atoms with E-state index >= 15 is 0 Å². The van der Waals surface area contributed by atoms with Crippen LogP contribution in [0.1, 0.15) is 16.7 Å². The van der Waals surface area contributed by atoms with E-state index in [0.717, 1.165) is 22.6 Å². The van der Waals surface area contributed by atoms with Crippen LogP contribution in [0.5, 0.6) is 0 Å². The van der Waals surface area contributed by atoms with Crippen LogP contribution >= 0.6 is 11.6 Å². The van der Waals surface area contributed by atoms with Gasteiger partial charge in [0.05, 0.1) is 0 Å². The number of benzene rings is 1. The van der Waals surface area contributed by atoms with Gasteiger partial charge in [0.2, 0.25) is 0 Å². The molecule has 0 bridgehead atoms. The van der Waals surface area contributed by atoms with Gasteiger partial charge in [0.25, 0.3) is 0 Å². The average molecular weight is 261 g/mol. The normalized spacial score (nSPS) is 10.4. The lowest BCUT2D eigenvalue weighted by atomic mass is 10.2. The first kappa shape index (κ1) is 12.9. The Bertz CT molecular complexity index is 552. The van der Waals surface area contributed by atoms with Crippen molar-refractivity contribution in [2.45, 2.75) is 19.7 Å². The zero-order valence-electron chi connectivity index (χ0n) is 10.9. The number of halogens is 1. The summed E-state index contributed by atoms with van der Waals surface area (Å²) in [6, 6.07) is 10.5. The Morgan fingerprint density at radius 3 is 2.61 bits per heavy atom. The molecular weight excluding hydrogens is 244 g/mol. The molecule has 0 aliphatic carbocycles. The standard InChI is InChI=1S/C15H17ClN2/c1-11-5-4-6-14(7-11)18(3)15-12(2)8-13(9-16)10-17-15/h4-8,10H,9H2,1-3H3. The fourth-order valence-corrected chi connectivity index (χ4v) is 2.16. The molecule has 1 heterocycles. The molecule has 3 heteroatoms. The Kier molecular flexibility index (Phi) is 3.87. The van der Waals surface area contributed by atoms with E-state index < -0.39 is 0 Å². The first-order valence-corrected chi connectivity index (χ1v) is 6.47. The van der Waals surface area contributed by atoms with E-state index in [-0.39, 0.29) is 0 Å². The summed E-state index contributed by atoms with van der Waals surface area (Å²) >= 11 is 5.81.